The molecule has 9 heteroatoms. The lowest BCUT2D eigenvalue weighted by Gasteiger charge is -2.32. The molecule has 1 fully saturated rings. The Bertz CT molecular complexity index is 1420. The van der Waals surface area contributed by atoms with Gasteiger partial charge in [0.15, 0.2) is 0 Å². The van der Waals surface area contributed by atoms with Crippen LogP contribution >= 0.6 is 0 Å². The Labute approximate surface area is 225 Å². The third-order valence-corrected chi connectivity index (χ3v) is 7.15. The first-order valence-electron chi connectivity index (χ1n) is 13.3. The van der Waals surface area contributed by atoms with Gasteiger partial charge in [-0.3, -0.25) is 4.90 Å². The van der Waals surface area contributed by atoms with Crippen molar-refractivity contribution in [1.82, 2.24) is 19.4 Å². The van der Waals surface area contributed by atoms with E-state index in [1.54, 1.807) is 18.2 Å². The fourth-order valence-electron chi connectivity index (χ4n) is 4.87. The molecule has 0 bridgehead atoms. The Balaban J connectivity index is 1.42. The lowest BCUT2D eigenvalue weighted by atomic mass is 10.1. The van der Waals surface area contributed by atoms with Gasteiger partial charge in [0.1, 0.15) is 23.1 Å². The summed E-state index contributed by atoms with van der Waals surface area (Å²) in [7, 11) is 2.15. The number of hydrogen-bond acceptors (Lipinski definition) is 4. The van der Waals surface area contributed by atoms with Crippen LogP contribution in [0.5, 0.6) is 11.5 Å². The summed E-state index contributed by atoms with van der Waals surface area (Å²) in [5, 5.41) is 0. The largest absolute Gasteiger partial charge is 0.457 e. The van der Waals surface area contributed by atoms with E-state index in [4.69, 9.17) is 9.72 Å². The number of imidazole rings is 1. The number of fused-ring (bicyclic) bond motifs is 1. The molecule has 0 aliphatic carbocycles. The average molecular weight is 541 g/mol. The maximum Gasteiger partial charge on any atom is 0.419 e. The van der Waals surface area contributed by atoms with Crippen molar-refractivity contribution in [3.05, 3.63) is 77.6 Å². The number of aryl methyl sites for hydroxylation is 1. The van der Waals surface area contributed by atoms with E-state index in [1.807, 2.05) is 0 Å². The summed E-state index contributed by atoms with van der Waals surface area (Å²) in [5.41, 5.74) is 2.50. The van der Waals surface area contributed by atoms with Crippen LogP contribution in [-0.2, 0) is 19.3 Å². The Morgan fingerprint density at radius 3 is 2.28 bits per heavy atom. The molecule has 1 aromatic heterocycles. The van der Waals surface area contributed by atoms with Crippen molar-refractivity contribution in [2.45, 2.75) is 39.0 Å². The van der Waals surface area contributed by atoms with Crippen LogP contribution in [0.25, 0.3) is 22.4 Å². The van der Waals surface area contributed by atoms with Crippen molar-refractivity contribution in [2.24, 2.45) is 0 Å². The smallest absolute Gasteiger partial charge is 0.419 e. The monoisotopic (exact) mass is 540 g/mol. The molecule has 1 saturated heterocycles. The standard InChI is InChI=1S/C30H32F4N4O/c1-3-4-13-38-28-19-24(39-23-9-11-26(31)25(18-23)30(32,33)34)10-12-27(28)35-29(38)22-7-5-21(6-8-22)20-37-16-14-36(2)15-17-37/h5-12,18-19H,3-4,13-17,20H2,1-2H3. The second-order valence-electron chi connectivity index (χ2n) is 10.1. The van der Waals surface area contributed by atoms with Crippen molar-refractivity contribution in [3.63, 3.8) is 0 Å². The summed E-state index contributed by atoms with van der Waals surface area (Å²) in [6.07, 6.45) is -2.87. The molecule has 1 aliphatic heterocycles. The molecular formula is C30H32F4N4O. The highest BCUT2D eigenvalue weighted by molar-refractivity contribution is 5.82. The minimum atomic E-state index is -4.80. The van der Waals surface area contributed by atoms with Gasteiger partial charge in [-0.15, -0.1) is 0 Å². The van der Waals surface area contributed by atoms with E-state index in [2.05, 4.69) is 52.6 Å². The Hall–Kier alpha value is -3.43. The van der Waals surface area contributed by atoms with Crippen LogP contribution in [0.3, 0.4) is 0 Å². The number of nitrogens with zero attached hydrogens (tertiary/aromatic N) is 4. The molecule has 5 rings (SSSR count). The molecule has 5 nitrogen and oxygen atoms in total. The molecule has 0 radical (unpaired) electrons. The first-order valence-corrected chi connectivity index (χ1v) is 13.3. The van der Waals surface area contributed by atoms with Crippen molar-refractivity contribution in [3.8, 4) is 22.9 Å². The maximum atomic E-state index is 13.7. The Morgan fingerprint density at radius 2 is 1.59 bits per heavy atom. The lowest BCUT2D eigenvalue weighted by Crippen LogP contribution is -2.43. The zero-order chi connectivity index (χ0) is 27.6. The van der Waals surface area contributed by atoms with Crippen LogP contribution in [0.4, 0.5) is 17.6 Å². The van der Waals surface area contributed by atoms with E-state index in [0.717, 1.165) is 80.6 Å². The van der Waals surface area contributed by atoms with Crippen LogP contribution in [0.1, 0.15) is 30.9 Å². The first kappa shape index (κ1) is 27.1. The number of piperazine rings is 1. The van der Waals surface area contributed by atoms with Crippen molar-refractivity contribution >= 4 is 11.0 Å². The van der Waals surface area contributed by atoms with Crippen molar-refractivity contribution < 1.29 is 22.3 Å². The second-order valence-corrected chi connectivity index (χ2v) is 10.1. The SMILES string of the molecule is CCCCn1c(-c2ccc(CN3CCN(C)CC3)cc2)nc2ccc(Oc3ccc(F)c(C(F)(F)F)c3)cc21. The molecule has 0 amide bonds. The zero-order valence-corrected chi connectivity index (χ0v) is 22.1. The van der Waals surface area contributed by atoms with Crippen LogP contribution in [-0.4, -0.2) is 52.6 Å². The number of ether oxygens (including phenoxy) is 1. The second kappa shape index (κ2) is 11.4. The highest BCUT2D eigenvalue weighted by atomic mass is 19.4. The van der Waals surface area contributed by atoms with E-state index in [0.29, 0.717) is 11.8 Å². The van der Waals surface area contributed by atoms with E-state index < -0.39 is 17.6 Å². The maximum absolute atomic E-state index is 13.7. The minimum Gasteiger partial charge on any atom is -0.457 e. The van der Waals surface area contributed by atoms with Gasteiger partial charge in [-0.1, -0.05) is 37.6 Å². The predicted octanol–water partition coefficient (Wildman–Crippen LogP) is 7.20. The summed E-state index contributed by atoms with van der Waals surface area (Å²) in [5.74, 6) is -0.224. The topological polar surface area (TPSA) is 33.5 Å². The van der Waals surface area contributed by atoms with Gasteiger partial charge in [0.25, 0.3) is 0 Å². The summed E-state index contributed by atoms with van der Waals surface area (Å²) in [4.78, 5) is 9.70. The van der Waals surface area contributed by atoms with Crippen LogP contribution in [0, 0.1) is 5.82 Å². The third kappa shape index (κ3) is 6.25. The average Bonchev–Trinajstić information content (AvgIpc) is 3.27. The van der Waals surface area contributed by atoms with E-state index in [9.17, 15) is 17.6 Å². The molecule has 0 atom stereocenters. The molecule has 2 heterocycles. The number of halogens is 4. The number of rotatable bonds is 8. The Kier molecular flexibility index (Phi) is 7.91. The minimum absolute atomic E-state index is 0.0844. The fraction of sp³-hybridized carbons (Fsp3) is 0.367. The third-order valence-electron chi connectivity index (χ3n) is 7.15. The van der Waals surface area contributed by atoms with Crippen LogP contribution < -0.4 is 4.74 Å². The van der Waals surface area contributed by atoms with Crippen molar-refractivity contribution in [1.29, 1.82) is 0 Å². The number of hydrogen-bond donors (Lipinski definition) is 0. The van der Waals surface area contributed by atoms with Gasteiger partial charge in [-0.05, 0) is 49.4 Å². The predicted molar refractivity (Wildman–Crippen MR) is 144 cm³/mol. The summed E-state index contributed by atoms with van der Waals surface area (Å²) < 4.78 is 61.0. The van der Waals surface area contributed by atoms with Gasteiger partial charge in [-0.2, -0.15) is 13.2 Å². The zero-order valence-electron chi connectivity index (χ0n) is 22.1. The highest BCUT2D eigenvalue weighted by Crippen LogP contribution is 2.36. The van der Waals surface area contributed by atoms with E-state index in [-0.39, 0.29) is 5.75 Å². The number of alkyl halides is 3. The molecular weight excluding hydrogens is 508 g/mol. The van der Waals surface area contributed by atoms with Crippen LogP contribution in [0.15, 0.2) is 60.7 Å². The molecule has 0 spiro atoms. The Morgan fingerprint density at radius 1 is 0.897 bits per heavy atom. The molecule has 0 saturated carbocycles. The van der Waals surface area contributed by atoms with Gasteiger partial charge in [0.05, 0.1) is 16.6 Å². The molecule has 3 aromatic carbocycles. The molecule has 4 aromatic rings. The highest BCUT2D eigenvalue weighted by Gasteiger charge is 2.34. The van der Waals surface area contributed by atoms with E-state index >= 15 is 0 Å². The van der Waals surface area contributed by atoms with Crippen molar-refractivity contribution in [2.75, 3.05) is 33.2 Å². The molecule has 1 aliphatic rings. The summed E-state index contributed by atoms with van der Waals surface area (Å²) in [6.45, 7) is 8.05. The quantitative estimate of drug-likeness (QED) is 0.221. The molecule has 206 valence electrons. The number of unbranched alkanes of at least 4 members (excludes halogenated alkanes) is 1. The molecule has 39 heavy (non-hydrogen) atoms. The van der Waals surface area contributed by atoms with E-state index in [1.165, 1.54) is 11.6 Å². The van der Waals surface area contributed by atoms with Gasteiger partial charge < -0.3 is 14.2 Å². The lowest BCUT2D eigenvalue weighted by molar-refractivity contribution is -0.140. The number of likely N-dealkylation sites (N-methyl/N-ethyl adjacent to an activating group) is 1. The summed E-state index contributed by atoms with van der Waals surface area (Å²) in [6, 6.07) is 16.4. The number of benzene rings is 3. The van der Waals surface area contributed by atoms with Gasteiger partial charge in [0.2, 0.25) is 0 Å². The first-order chi connectivity index (χ1) is 18.7. The van der Waals surface area contributed by atoms with Crippen LogP contribution in [0.2, 0.25) is 0 Å². The molecule has 0 N–H and O–H groups in total. The fourth-order valence-corrected chi connectivity index (χ4v) is 4.87. The van der Waals surface area contributed by atoms with Gasteiger partial charge >= 0.3 is 6.18 Å². The van der Waals surface area contributed by atoms with Gasteiger partial charge in [0, 0.05) is 50.9 Å². The normalized spacial score (nSPS) is 15.2. The summed E-state index contributed by atoms with van der Waals surface area (Å²) >= 11 is 0. The molecule has 0 unspecified atom stereocenters. The number of aromatic nitrogens is 2. The van der Waals surface area contributed by atoms with Gasteiger partial charge in [-0.25, -0.2) is 9.37 Å².